The lowest BCUT2D eigenvalue weighted by Gasteiger charge is -2.08. The van der Waals surface area contributed by atoms with Crippen LogP contribution in [-0.2, 0) is 4.79 Å². The molecule has 0 aliphatic heterocycles. The number of amides is 1. The monoisotopic (exact) mass is 233 g/mol. The van der Waals surface area contributed by atoms with Crippen LogP contribution in [0.4, 0.5) is 5.69 Å². The van der Waals surface area contributed by atoms with Gasteiger partial charge in [0.2, 0.25) is 5.91 Å². The fraction of sp³-hybridized carbons (Fsp3) is 0.385. The van der Waals surface area contributed by atoms with E-state index in [1.54, 1.807) is 18.2 Å². The molecule has 2 N–H and O–H groups in total. The van der Waals surface area contributed by atoms with E-state index in [1.807, 2.05) is 6.92 Å². The zero-order valence-electron chi connectivity index (χ0n) is 9.69. The summed E-state index contributed by atoms with van der Waals surface area (Å²) in [5.74, 6) is -0.622. The topological polar surface area (TPSA) is 66.4 Å². The van der Waals surface area contributed by atoms with Gasteiger partial charge in [0.15, 0.2) is 0 Å². The molecule has 0 atom stereocenters. The van der Waals surface area contributed by atoms with Crippen LogP contribution in [0.25, 0.3) is 0 Å². The molecule has 1 amide bonds. The van der Waals surface area contributed by atoms with Crippen LogP contribution in [0, 0.1) is 12.8 Å². The van der Waals surface area contributed by atoms with Gasteiger partial charge in [-0.05, 0) is 37.8 Å². The summed E-state index contributed by atoms with van der Waals surface area (Å²) in [5.41, 5.74) is 1.39. The lowest BCUT2D eigenvalue weighted by atomic mass is 10.1. The van der Waals surface area contributed by atoms with Crippen LogP contribution in [0.1, 0.15) is 35.2 Å². The van der Waals surface area contributed by atoms with Crippen LogP contribution in [0.2, 0.25) is 0 Å². The first-order valence-corrected chi connectivity index (χ1v) is 5.70. The van der Waals surface area contributed by atoms with Crippen LogP contribution in [0.3, 0.4) is 0 Å². The molecule has 1 aromatic carbocycles. The van der Waals surface area contributed by atoms with Crippen molar-refractivity contribution < 1.29 is 14.7 Å². The summed E-state index contributed by atoms with van der Waals surface area (Å²) in [6.07, 6.45) is 2.70. The normalized spacial score (nSPS) is 14.4. The van der Waals surface area contributed by atoms with Gasteiger partial charge in [-0.25, -0.2) is 4.79 Å². The summed E-state index contributed by atoms with van der Waals surface area (Å²) in [4.78, 5) is 22.7. The maximum atomic E-state index is 11.6. The fourth-order valence-electron chi connectivity index (χ4n) is 1.73. The van der Waals surface area contributed by atoms with E-state index in [1.165, 1.54) is 0 Å². The van der Waals surface area contributed by atoms with Gasteiger partial charge in [0, 0.05) is 6.42 Å². The molecule has 4 nitrogen and oxygen atoms in total. The molecule has 0 aromatic heterocycles. The first kappa shape index (κ1) is 11.6. The highest BCUT2D eigenvalue weighted by Gasteiger charge is 2.24. The Balaban J connectivity index is 2.13. The van der Waals surface area contributed by atoms with Crippen LogP contribution < -0.4 is 5.32 Å². The molecule has 2 rings (SSSR count). The van der Waals surface area contributed by atoms with Crippen LogP contribution in [0.15, 0.2) is 18.2 Å². The maximum Gasteiger partial charge on any atom is 0.337 e. The van der Waals surface area contributed by atoms with Crippen LogP contribution in [-0.4, -0.2) is 17.0 Å². The molecule has 0 heterocycles. The Labute approximate surface area is 99.6 Å². The van der Waals surface area contributed by atoms with Crippen molar-refractivity contribution in [2.45, 2.75) is 26.2 Å². The third-order valence-electron chi connectivity index (χ3n) is 2.85. The molecule has 0 radical (unpaired) electrons. The van der Waals surface area contributed by atoms with Crippen molar-refractivity contribution in [1.82, 2.24) is 0 Å². The molecule has 0 saturated heterocycles. The number of carboxylic acids is 1. The summed E-state index contributed by atoms with van der Waals surface area (Å²) in [6.45, 7) is 1.82. The molecule has 0 bridgehead atoms. The third kappa shape index (κ3) is 3.06. The second kappa shape index (κ2) is 4.57. The van der Waals surface area contributed by atoms with Gasteiger partial charge in [-0.2, -0.15) is 0 Å². The first-order chi connectivity index (χ1) is 8.06. The van der Waals surface area contributed by atoms with E-state index < -0.39 is 5.97 Å². The highest BCUT2D eigenvalue weighted by molar-refractivity contribution is 6.00. The van der Waals surface area contributed by atoms with Gasteiger partial charge in [0.25, 0.3) is 0 Å². The van der Waals surface area contributed by atoms with E-state index in [2.05, 4.69) is 5.32 Å². The molecular weight excluding hydrogens is 218 g/mol. The lowest BCUT2D eigenvalue weighted by Crippen LogP contribution is -2.15. The Morgan fingerprint density at radius 2 is 2.12 bits per heavy atom. The van der Waals surface area contributed by atoms with Crippen molar-refractivity contribution in [2.75, 3.05) is 5.32 Å². The number of hydrogen-bond acceptors (Lipinski definition) is 2. The zero-order valence-corrected chi connectivity index (χ0v) is 9.69. The van der Waals surface area contributed by atoms with Crippen molar-refractivity contribution in [1.29, 1.82) is 0 Å². The minimum absolute atomic E-state index is 0.0983. The lowest BCUT2D eigenvalue weighted by molar-refractivity contribution is -0.116. The number of hydrogen-bond donors (Lipinski definition) is 2. The molecular formula is C13H15NO3. The van der Waals surface area contributed by atoms with Crippen molar-refractivity contribution >= 4 is 17.6 Å². The van der Waals surface area contributed by atoms with Crippen molar-refractivity contribution in [3.63, 3.8) is 0 Å². The van der Waals surface area contributed by atoms with E-state index in [-0.39, 0.29) is 11.5 Å². The second-order valence-corrected chi connectivity index (χ2v) is 4.55. The van der Waals surface area contributed by atoms with Gasteiger partial charge in [-0.15, -0.1) is 0 Å². The van der Waals surface area contributed by atoms with Gasteiger partial charge < -0.3 is 10.4 Å². The average molecular weight is 233 g/mol. The molecule has 90 valence electrons. The minimum atomic E-state index is -1.02. The van der Waals surface area contributed by atoms with Gasteiger partial charge in [-0.1, -0.05) is 11.6 Å². The number of aromatic carboxylic acids is 1. The quantitative estimate of drug-likeness (QED) is 0.839. The summed E-state index contributed by atoms with van der Waals surface area (Å²) < 4.78 is 0. The van der Waals surface area contributed by atoms with E-state index in [9.17, 15) is 9.59 Å². The number of anilines is 1. The SMILES string of the molecule is Cc1ccc(NC(=O)CC2CC2)c(C(=O)O)c1. The van der Waals surface area contributed by atoms with E-state index in [0.717, 1.165) is 18.4 Å². The zero-order chi connectivity index (χ0) is 12.4. The summed E-state index contributed by atoms with van der Waals surface area (Å²) in [7, 11) is 0. The Bertz CT molecular complexity index is 464. The summed E-state index contributed by atoms with van der Waals surface area (Å²) >= 11 is 0. The molecule has 1 aliphatic carbocycles. The van der Waals surface area contributed by atoms with Crippen molar-refractivity contribution in [3.8, 4) is 0 Å². The Morgan fingerprint density at radius 1 is 1.41 bits per heavy atom. The number of nitrogens with one attached hydrogen (secondary N) is 1. The van der Waals surface area contributed by atoms with Gasteiger partial charge in [0.05, 0.1) is 11.3 Å². The van der Waals surface area contributed by atoms with Gasteiger partial charge in [0.1, 0.15) is 0 Å². The standard InChI is InChI=1S/C13H15NO3/c1-8-2-5-11(10(6-8)13(16)17)14-12(15)7-9-3-4-9/h2,5-6,9H,3-4,7H2,1H3,(H,14,15)(H,16,17). The number of carbonyl (C=O) groups excluding carboxylic acids is 1. The van der Waals surface area contributed by atoms with Crippen molar-refractivity contribution in [3.05, 3.63) is 29.3 Å². The van der Waals surface area contributed by atoms with E-state index in [4.69, 9.17) is 5.11 Å². The molecule has 1 aromatic rings. The van der Waals surface area contributed by atoms with E-state index >= 15 is 0 Å². The molecule has 1 aliphatic rings. The predicted molar refractivity (Wildman–Crippen MR) is 64.1 cm³/mol. The molecule has 0 spiro atoms. The largest absolute Gasteiger partial charge is 0.478 e. The number of rotatable bonds is 4. The Morgan fingerprint density at radius 3 is 2.71 bits per heavy atom. The highest BCUT2D eigenvalue weighted by atomic mass is 16.4. The number of aryl methyl sites for hydroxylation is 1. The first-order valence-electron chi connectivity index (χ1n) is 5.70. The Hall–Kier alpha value is -1.84. The van der Waals surface area contributed by atoms with Gasteiger partial charge in [-0.3, -0.25) is 4.79 Å². The van der Waals surface area contributed by atoms with Crippen LogP contribution in [0.5, 0.6) is 0 Å². The number of carboxylic acid groups (broad SMARTS) is 1. The highest BCUT2D eigenvalue weighted by Crippen LogP contribution is 2.32. The minimum Gasteiger partial charge on any atom is -0.478 e. The second-order valence-electron chi connectivity index (χ2n) is 4.55. The molecule has 4 heteroatoms. The fourth-order valence-corrected chi connectivity index (χ4v) is 1.73. The third-order valence-corrected chi connectivity index (χ3v) is 2.85. The summed E-state index contributed by atoms with van der Waals surface area (Å²) in [5, 5.41) is 11.7. The molecule has 17 heavy (non-hydrogen) atoms. The van der Waals surface area contributed by atoms with Gasteiger partial charge >= 0.3 is 5.97 Å². The number of carbonyl (C=O) groups is 2. The van der Waals surface area contributed by atoms with Crippen molar-refractivity contribution in [2.24, 2.45) is 5.92 Å². The summed E-state index contributed by atoms with van der Waals surface area (Å²) in [6, 6.07) is 5.00. The smallest absolute Gasteiger partial charge is 0.337 e. The predicted octanol–water partition coefficient (Wildman–Crippen LogP) is 2.43. The molecule has 1 saturated carbocycles. The molecule has 1 fully saturated rings. The maximum absolute atomic E-state index is 11.6. The van der Waals surface area contributed by atoms with E-state index in [0.29, 0.717) is 18.0 Å². The number of benzene rings is 1. The Kier molecular flexibility index (Phi) is 3.13. The van der Waals surface area contributed by atoms with Crippen LogP contribution >= 0.6 is 0 Å². The molecule has 0 unspecified atom stereocenters. The average Bonchev–Trinajstić information content (AvgIpc) is 3.04.